The normalized spacial score (nSPS) is 7.44. The fourth-order valence-corrected chi connectivity index (χ4v) is 1.18. The zero-order chi connectivity index (χ0) is 14.7. The van der Waals surface area contributed by atoms with Gasteiger partial charge in [-0.2, -0.15) is 0 Å². The van der Waals surface area contributed by atoms with Gasteiger partial charge in [-0.1, -0.05) is 26.0 Å². The van der Waals surface area contributed by atoms with E-state index in [9.17, 15) is 9.59 Å². The molecule has 1 aliphatic heterocycles. The van der Waals surface area contributed by atoms with Crippen LogP contribution in [0.15, 0.2) is 24.3 Å². The van der Waals surface area contributed by atoms with Crippen LogP contribution in [0.25, 0.3) is 0 Å². The number of carbonyl (C=O) groups excluding carboxylic acids is 2. The smallest absolute Gasteiger partial charge is 0.285 e. The summed E-state index contributed by atoms with van der Waals surface area (Å²) in [6.07, 6.45) is 0. The van der Waals surface area contributed by atoms with Gasteiger partial charge in [0.15, 0.2) is 0 Å². The van der Waals surface area contributed by atoms with Gasteiger partial charge < -0.3 is 45.5 Å². The molecule has 166 valence electrons. The molecule has 0 fully saturated rings. The second-order valence-electron chi connectivity index (χ2n) is 2.47. The fourth-order valence-electron chi connectivity index (χ4n) is 1.18. The largest absolute Gasteiger partial charge is 0.412 e. The average Bonchev–Trinajstić information content (AvgIpc) is 2.71. The van der Waals surface area contributed by atoms with Crippen molar-refractivity contribution in [2.24, 2.45) is 5.90 Å². The molecule has 2 rings (SSSR count). The first kappa shape index (κ1) is 70.7. The molecule has 0 aromatic heterocycles. The van der Waals surface area contributed by atoms with Crippen LogP contribution < -0.4 is 5.90 Å². The van der Waals surface area contributed by atoms with E-state index >= 15 is 0 Å². The van der Waals surface area contributed by atoms with Gasteiger partial charge in [0.05, 0.1) is 11.1 Å². The van der Waals surface area contributed by atoms with Crippen LogP contribution >= 0.6 is 0 Å². The number of imide groups is 1. The third-order valence-electron chi connectivity index (χ3n) is 1.77. The number of nitrogens with two attached hydrogens (primary N) is 1. The first-order valence-corrected chi connectivity index (χ1v) is 5.09. The van der Waals surface area contributed by atoms with Crippen LogP contribution in [0.3, 0.4) is 0 Å². The Kier molecular flexibility index (Phi) is 119. The van der Waals surface area contributed by atoms with E-state index in [1.54, 1.807) is 12.1 Å². The number of hydrogen-bond donors (Lipinski definition) is 4. The quantitative estimate of drug-likeness (QED) is 0.134. The maximum Gasteiger partial charge on any atom is 0.285 e. The molecule has 0 bridgehead atoms. The van der Waals surface area contributed by atoms with E-state index in [1.165, 1.54) is 12.1 Å². The molecule has 0 spiro atoms. The van der Waals surface area contributed by atoms with E-state index in [2.05, 4.69) is 5.90 Å². The topological polar surface area (TPSA) is 156 Å². The van der Waals surface area contributed by atoms with Crippen molar-refractivity contribution in [1.82, 2.24) is 5.06 Å². The molecule has 1 aromatic rings. The van der Waals surface area contributed by atoms with E-state index < -0.39 is 11.8 Å². The summed E-state index contributed by atoms with van der Waals surface area (Å²) in [5.74, 6) is 2.19. The Hall–Kier alpha value is 0.913. The van der Waals surface area contributed by atoms with Crippen LogP contribution in [-0.2, 0) is 84.3 Å². The molecule has 0 unspecified atom stereocenters. The zero-order valence-corrected chi connectivity index (χ0v) is 28.4. The SMILES string of the molecule is CC.CO.NO.O.O=C1c2ccccc2C(=O)N1O.[CH3-].[CH3-].[CH3-].[CH3-].[W].[W].[W].[W]. The number of aliphatic hydroxyl groups excluding tert-OH is 1. The summed E-state index contributed by atoms with van der Waals surface area (Å²) in [4.78, 5) is 22.1. The summed E-state index contributed by atoms with van der Waals surface area (Å²) in [5, 5.41) is 22.6. The molecule has 7 N–H and O–H groups in total. The van der Waals surface area contributed by atoms with E-state index in [0.29, 0.717) is 0 Å². The van der Waals surface area contributed by atoms with Crippen LogP contribution in [-0.4, -0.2) is 45.0 Å². The van der Waals surface area contributed by atoms with Gasteiger partial charge in [0.2, 0.25) is 0 Å². The Labute approximate surface area is 221 Å². The van der Waals surface area contributed by atoms with Crippen molar-refractivity contribution in [3.05, 3.63) is 65.1 Å². The maximum atomic E-state index is 11.1. The second-order valence-corrected chi connectivity index (χ2v) is 2.47. The molecule has 2 amide bonds. The molecule has 8 nitrogen and oxygen atoms in total. The molecule has 0 atom stereocenters. The van der Waals surface area contributed by atoms with E-state index in [-0.39, 0.29) is 136 Å². The van der Waals surface area contributed by atoms with E-state index in [1.807, 2.05) is 13.8 Å². The van der Waals surface area contributed by atoms with Crippen molar-refractivity contribution in [2.75, 3.05) is 7.11 Å². The first-order chi connectivity index (χ1) is 8.72. The van der Waals surface area contributed by atoms with Crippen LogP contribution in [0.1, 0.15) is 34.6 Å². The average molecular weight is 1070 g/mol. The minimum atomic E-state index is -0.657. The number of aliphatic hydroxyl groups is 1. The summed E-state index contributed by atoms with van der Waals surface area (Å²) < 4.78 is 0. The molecular weight excluding hydrogens is 1040 g/mol. The van der Waals surface area contributed by atoms with E-state index in [0.717, 1.165) is 7.11 Å². The van der Waals surface area contributed by atoms with Crippen molar-refractivity contribution in [3.63, 3.8) is 0 Å². The van der Waals surface area contributed by atoms with Gasteiger partial charge in [0.1, 0.15) is 0 Å². The molecule has 1 aromatic carbocycles. The van der Waals surface area contributed by atoms with Gasteiger partial charge in [-0.25, -0.2) is 5.90 Å². The number of benzene rings is 1. The fraction of sp³-hybridized carbons (Fsp3) is 0.200. The van der Waals surface area contributed by atoms with Crippen LogP contribution in [0.5, 0.6) is 0 Å². The number of hydrogen-bond acceptors (Lipinski definition) is 6. The summed E-state index contributed by atoms with van der Waals surface area (Å²) in [6, 6.07) is 6.30. The molecular formula is C15H32N2O6W4-4. The Morgan fingerprint density at radius 2 is 0.926 bits per heavy atom. The van der Waals surface area contributed by atoms with Crippen molar-refractivity contribution >= 4 is 11.8 Å². The molecule has 0 radical (unpaired) electrons. The molecule has 12 heteroatoms. The van der Waals surface area contributed by atoms with Crippen LogP contribution in [0.4, 0.5) is 0 Å². The monoisotopic (exact) mass is 1070 g/mol. The standard InChI is InChI=1S/C8H5NO3.C2H6.CH4O.4CH3.H3NO.H2O.4W/c10-7-5-3-1-2-4-6(5)8(11)9(7)12;2*1-2;;;;;1-2;;;;;/h1-4,12H;1-2H3;2H,1H3;4*1H3;2H,1H2;1H2;;;;/q;;;4*-1;;;;;;. The van der Waals surface area contributed by atoms with E-state index in [4.69, 9.17) is 15.5 Å². The second kappa shape index (κ2) is 45.6. The predicted octanol–water partition coefficient (Wildman–Crippen LogP) is 1.61. The van der Waals surface area contributed by atoms with Gasteiger partial charge in [-0.05, 0) is 12.1 Å². The molecule has 0 aliphatic carbocycles. The molecule has 0 saturated carbocycles. The molecule has 1 aliphatic rings. The third-order valence-corrected chi connectivity index (χ3v) is 1.77. The Morgan fingerprint density at radius 3 is 1.11 bits per heavy atom. The number of nitrogens with zero attached hydrogens (tertiary/aromatic N) is 1. The number of amides is 2. The molecule has 27 heavy (non-hydrogen) atoms. The third kappa shape index (κ3) is 21.4. The minimum Gasteiger partial charge on any atom is -0.412 e. The van der Waals surface area contributed by atoms with Gasteiger partial charge in [0.25, 0.3) is 11.8 Å². The maximum absolute atomic E-state index is 11.1. The van der Waals surface area contributed by atoms with Crippen LogP contribution in [0.2, 0.25) is 0 Å². The summed E-state index contributed by atoms with van der Waals surface area (Å²) >= 11 is 0. The number of rotatable bonds is 0. The van der Waals surface area contributed by atoms with Gasteiger partial charge in [-0.3, -0.25) is 14.8 Å². The van der Waals surface area contributed by atoms with Crippen molar-refractivity contribution in [3.8, 4) is 0 Å². The number of fused-ring (bicyclic) bond motifs is 1. The van der Waals surface area contributed by atoms with Gasteiger partial charge >= 0.3 is 0 Å². The first-order valence-electron chi connectivity index (χ1n) is 5.09. The number of hydroxylamine groups is 2. The molecule has 1 heterocycles. The van der Waals surface area contributed by atoms with Crippen LogP contribution in [0, 0.1) is 29.7 Å². The Morgan fingerprint density at radius 1 is 0.741 bits per heavy atom. The van der Waals surface area contributed by atoms with Crippen molar-refractivity contribution in [2.45, 2.75) is 13.8 Å². The van der Waals surface area contributed by atoms with Crippen molar-refractivity contribution < 1.29 is 115 Å². The number of carbonyl (C=O) groups is 2. The molecule has 0 saturated heterocycles. The Balaban J connectivity index is -0.0000000175. The van der Waals surface area contributed by atoms with Crippen molar-refractivity contribution in [1.29, 1.82) is 0 Å². The zero-order valence-electron chi connectivity index (χ0n) is 16.6. The summed E-state index contributed by atoms with van der Waals surface area (Å²) in [6.45, 7) is 4.00. The summed E-state index contributed by atoms with van der Waals surface area (Å²) in [7, 11) is 1.00. The van der Waals surface area contributed by atoms with Gasteiger partial charge in [0, 0.05) is 91.4 Å². The van der Waals surface area contributed by atoms with Gasteiger partial charge in [-0.15, -0.1) is 5.06 Å². The Bertz CT molecular complexity index is 367. The predicted molar refractivity (Wildman–Crippen MR) is 93.5 cm³/mol. The minimum absolute atomic E-state index is 0. The summed E-state index contributed by atoms with van der Waals surface area (Å²) in [5.41, 5.74) is 0.509.